The predicted octanol–water partition coefficient (Wildman–Crippen LogP) is 1.90. The topological polar surface area (TPSA) is 72.0 Å². The lowest BCUT2D eigenvalue weighted by Gasteiger charge is -2.18. The highest BCUT2D eigenvalue weighted by molar-refractivity contribution is 14.0. The summed E-state index contributed by atoms with van der Waals surface area (Å²) in [4.78, 5) is 4.16. The summed E-state index contributed by atoms with van der Waals surface area (Å²) < 4.78 is 22.9. The molecule has 0 saturated carbocycles. The van der Waals surface area contributed by atoms with Crippen LogP contribution >= 0.6 is 24.0 Å². The molecule has 1 aliphatic heterocycles. The Kier molecular flexibility index (Phi) is 13.3. The second kappa shape index (κ2) is 13.3. The highest BCUT2D eigenvalue weighted by Gasteiger charge is 2.18. The molecule has 1 saturated heterocycles. The summed E-state index contributed by atoms with van der Waals surface area (Å²) in [6.45, 7) is 9.72. The van der Waals surface area contributed by atoms with Gasteiger partial charge in [-0.2, -0.15) is 0 Å². The number of halogens is 1. The van der Waals surface area contributed by atoms with Gasteiger partial charge in [-0.15, -0.1) is 24.0 Å². The van der Waals surface area contributed by atoms with Crippen molar-refractivity contribution in [3.8, 4) is 0 Å². The summed E-state index contributed by atoms with van der Waals surface area (Å²) in [7, 11) is 0.896. The average molecular weight is 475 g/mol. The van der Waals surface area contributed by atoms with E-state index in [1.54, 1.807) is 7.05 Å². The molecule has 2 unspecified atom stereocenters. The molecule has 2 N–H and O–H groups in total. The SMILES string of the molecule is CN=C(NCCCOCC1CCCO1)NCCS(=O)C(C)(C)C.I. The molecule has 2 atom stereocenters. The van der Waals surface area contributed by atoms with Crippen LogP contribution in [-0.4, -0.2) is 66.7 Å². The van der Waals surface area contributed by atoms with Crippen LogP contribution in [0.25, 0.3) is 0 Å². The van der Waals surface area contributed by atoms with Crippen LogP contribution in [-0.2, 0) is 20.3 Å². The van der Waals surface area contributed by atoms with Crippen LogP contribution in [0.5, 0.6) is 0 Å². The fourth-order valence-electron chi connectivity index (χ4n) is 2.16. The number of guanidine groups is 1. The molecule has 0 aliphatic carbocycles. The summed E-state index contributed by atoms with van der Waals surface area (Å²) >= 11 is 0. The maximum atomic E-state index is 12.0. The average Bonchev–Trinajstić information content (AvgIpc) is 3.00. The first-order valence-corrected chi connectivity index (χ1v) is 9.77. The third kappa shape index (κ3) is 10.8. The van der Waals surface area contributed by atoms with Crippen molar-refractivity contribution in [1.82, 2.24) is 10.6 Å². The van der Waals surface area contributed by atoms with E-state index in [0.717, 1.165) is 45.0 Å². The molecule has 24 heavy (non-hydrogen) atoms. The highest BCUT2D eigenvalue weighted by Crippen LogP contribution is 2.12. The molecule has 144 valence electrons. The second-order valence-corrected chi connectivity index (χ2v) is 8.98. The number of aliphatic imine (C=N–C) groups is 1. The fraction of sp³-hybridized carbons (Fsp3) is 0.938. The monoisotopic (exact) mass is 475 g/mol. The lowest BCUT2D eigenvalue weighted by Crippen LogP contribution is -2.40. The van der Waals surface area contributed by atoms with Crippen molar-refractivity contribution in [2.45, 2.75) is 50.9 Å². The van der Waals surface area contributed by atoms with Gasteiger partial charge in [0.15, 0.2) is 5.96 Å². The van der Waals surface area contributed by atoms with E-state index in [9.17, 15) is 4.21 Å². The minimum atomic E-state index is -0.844. The molecule has 0 aromatic carbocycles. The minimum absolute atomic E-state index is 0. The molecular weight excluding hydrogens is 441 g/mol. The molecule has 0 amide bonds. The zero-order valence-corrected chi connectivity index (χ0v) is 18.6. The third-order valence-electron chi connectivity index (χ3n) is 3.57. The Morgan fingerprint density at radius 2 is 2.04 bits per heavy atom. The Bertz CT molecular complexity index is 383. The van der Waals surface area contributed by atoms with Gasteiger partial charge in [-0.05, 0) is 40.0 Å². The molecule has 6 nitrogen and oxygen atoms in total. The van der Waals surface area contributed by atoms with Crippen LogP contribution in [0.3, 0.4) is 0 Å². The molecular formula is C16H34IN3O3S. The Hall–Kier alpha value is 0.0700. The number of ether oxygens (including phenoxy) is 2. The number of hydrogen-bond donors (Lipinski definition) is 2. The second-order valence-electron chi connectivity index (χ2n) is 6.65. The van der Waals surface area contributed by atoms with Gasteiger partial charge in [-0.1, -0.05) is 0 Å². The van der Waals surface area contributed by atoms with Crippen LogP contribution in [0.1, 0.15) is 40.0 Å². The van der Waals surface area contributed by atoms with E-state index < -0.39 is 10.8 Å². The van der Waals surface area contributed by atoms with Gasteiger partial charge in [0.25, 0.3) is 0 Å². The molecule has 0 aromatic rings. The van der Waals surface area contributed by atoms with Crippen LogP contribution in [0.4, 0.5) is 0 Å². The zero-order chi connectivity index (χ0) is 17.1. The first kappa shape index (κ1) is 24.1. The summed E-state index contributed by atoms with van der Waals surface area (Å²) in [6, 6.07) is 0. The summed E-state index contributed by atoms with van der Waals surface area (Å²) in [5.41, 5.74) is 0. The molecule has 1 heterocycles. The van der Waals surface area contributed by atoms with Gasteiger partial charge in [0, 0.05) is 54.7 Å². The van der Waals surface area contributed by atoms with E-state index in [0.29, 0.717) is 25.0 Å². The number of nitrogens with zero attached hydrogens (tertiary/aromatic N) is 1. The lowest BCUT2D eigenvalue weighted by molar-refractivity contribution is 0.0168. The molecule has 1 fully saturated rings. The Morgan fingerprint density at radius 1 is 1.33 bits per heavy atom. The van der Waals surface area contributed by atoms with Gasteiger partial charge < -0.3 is 20.1 Å². The third-order valence-corrected chi connectivity index (χ3v) is 5.51. The first-order valence-electron chi connectivity index (χ1n) is 8.46. The minimum Gasteiger partial charge on any atom is -0.379 e. The van der Waals surface area contributed by atoms with Crippen LogP contribution in [0.2, 0.25) is 0 Å². The summed E-state index contributed by atoms with van der Waals surface area (Å²) in [5, 5.41) is 6.43. The lowest BCUT2D eigenvalue weighted by atomic mass is 10.2. The van der Waals surface area contributed by atoms with Crippen molar-refractivity contribution in [3.05, 3.63) is 0 Å². The van der Waals surface area contributed by atoms with Gasteiger partial charge in [0.2, 0.25) is 0 Å². The maximum absolute atomic E-state index is 12.0. The van der Waals surface area contributed by atoms with E-state index in [-0.39, 0.29) is 28.7 Å². The zero-order valence-electron chi connectivity index (χ0n) is 15.4. The molecule has 0 bridgehead atoms. The quantitative estimate of drug-likeness (QED) is 0.231. The van der Waals surface area contributed by atoms with Gasteiger partial charge in [0.05, 0.1) is 12.7 Å². The molecule has 0 spiro atoms. The standard InChI is InChI=1S/C16H33N3O3S.HI/c1-16(2,3)23(20)12-9-19-15(17-4)18-8-6-10-21-13-14-7-5-11-22-14;/h14H,5-13H2,1-4H3,(H2,17,18,19);1H. The van der Waals surface area contributed by atoms with Crippen LogP contribution < -0.4 is 10.6 Å². The van der Waals surface area contributed by atoms with Crippen molar-refractivity contribution < 1.29 is 13.7 Å². The van der Waals surface area contributed by atoms with Crippen LogP contribution in [0.15, 0.2) is 4.99 Å². The van der Waals surface area contributed by atoms with E-state index in [1.165, 1.54) is 0 Å². The van der Waals surface area contributed by atoms with E-state index in [2.05, 4.69) is 15.6 Å². The molecule has 8 heteroatoms. The molecule has 0 aromatic heterocycles. The van der Waals surface area contributed by atoms with E-state index >= 15 is 0 Å². The van der Waals surface area contributed by atoms with E-state index in [4.69, 9.17) is 9.47 Å². The predicted molar refractivity (Wildman–Crippen MR) is 112 cm³/mol. The fourth-order valence-corrected chi connectivity index (χ4v) is 3.06. The van der Waals surface area contributed by atoms with Crippen molar-refractivity contribution in [3.63, 3.8) is 0 Å². The van der Waals surface area contributed by atoms with Crippen molar-refractivity contribution in [1.29, 1.82) is 0 Å². The number of rotatable bonds is 9. The van der Waals surface area contributed by atoms with Crippen molar-refractivity contribution >= 4 is 40.7 Å². The molecule has 0 radical (unpaired) electrons. The maximum Gasteiger partial charge on any atom is 0.191 e. The smallest absolute Gasteiger partial charge is 0.191 e. The molecule has 1 aliphatic rings. The largest absolute Gasteiger partial charge is 0.379 e. The van der Waals surface area contributed by atoms with Gasteiger partial charge in [0.1, 0.15) is 0 Å². The van der Waals surface area contributed by atoms with Gasteiger partial charge >= 0.3 is 0 Å². The van der Waals surface area contributed by atoms with Crippen molar-refractivity contribution in [2.75, 3.05) is 45.7 Å². The first-order chi connectivity index (χ1) is 10.9. The Labute approximate surface area is 166 Å². The summed E-state index contributed by atoms with van der Waals surface area (Å²) in [6.07, 6.45) is 3.48. The molecule has 1 rings (SSSR count). The van der Waals surface area contributed by atoms with Gasteiger partial charge in [-0.3, -0.25) is 9.20 Å². The Morgan fingerprint density at radius 3 is 2.62 bits per heavy atom. The van der Waals surface area contributed by atoms with Crippen LogP contribution in [0, 0.1) is 0 Å². The highest BCUT2D eigenvalue weighted by atomic mass is 127. The summed E-state index contributed by atoms with van der Waals surface area (Å²) in [5.74, 6) is 1.37. The normalized spacial score (nSPS) is 19.7. The number of hydrogen-bond acceptors (Lipinski definition) is 4. The van der Waals surface area contributed by atoms with Gasteiger partial charge in [-0.25, -0.2) is 0 Å². The number of nitrogens with one attached hydrogen (secondary N) is 2. The van der Waals surface area contributed by atoms with E-state index in [1.807, 2.05) is 20.8 Å². The van der Waals surface area contributed by atoms with Crippen molar-refractivity contribution in [2.24, 2.45) is 4.99 Å². The Balaban J connectivity index is 0.00000529.